The zero-order valence-corrected chi connectivity index (χ0v) is 16.6. The number of rotatable bonds is 6. The van der Waals surface area contributed by atoms with E-state index >= 15 is 0 Å². The molecule has 0 bridgehead atoms. The molecule has 0 radical (unpaired) electrons. The van der Waals surface area contributed by atoms with Crippen LogP contribution in [0.4, 0.5) is 11.7 Å². The monoisotopic (exact) mass is 380 g/mol. The maximum absolute atomic E-state index is 5.81. The number of fused-ring (bicyclic) bond motifs is 1. The van der Waals surface area contributed by atoms with Crippen molar-refractivity contribution in [1.82, 2.24) is 9.88 Å². The fourth-order valence-corrected chi connectivity index (χ4v) is 3.73. The smallest absolute Gasteiger partial charge is 0.295 e. The molecule has 28 heavy (non-hydrogen) atoms. The van der Waals surface area contributed by atoms with Crippen LogP contribution in [-0.2, 0) is 6.54 Å². The highest BCUT2D eigenvalue weighted by Crippen LogP contribution is 2.25. The van der Waals surface area contributed by atoms with Crippen LogP contribution in [0.1, 0.15) is 30.9 Å². The number of aromatic nitrogens is 1. The Morgan fingerprint density at radius 2 is 2.04 bits per heavy atom. The van der Waals surface area contributed by atoms with Gasteiger partial charge in [0, 0.05) is 31.4 Å². The van der Waals surface area contributed by atoms with E-state index < -0.39 is 0 Å². The number of hydrogen-bond donors (Lipinski definition) is 2. The minimum Gasteiger partial charge on any atom is -0.494 e. The van der Waals surface area contributed by atoms with Gasteiger partial charge in [0.2, 0.25) is 0 Å². The Balaban J connectivity index is 1.32. The second-order valence-corrected chi connectivity index (χ2v) is 7.47. The Kier molecular flexibility index (Phi) is 5.39. The highest BCUT2D eigenvalue weighted by Gasteiger charge is 2.21. The lowest BCUT2D eigenvalue weighted by Gasteiger charge is -2.32. The average molecular weight is 380 g/mol. The first-order chi connectivity index (χ1) is 13.6. The SMILES string of the molecule is CCOc1cc(CN2CCC(Nc3nc4cc(N)ccc4o3)CC2)ccc1C. The van der Waals surface area contributed by atoms with Crippen LogP contribution < -0.4 is 15.8 Å². The molecule has 1 aliphatic rings. The molecule has 1 fully saturated rings. The summed E-state index contributed by atoms with van der Waals surface area (Å²) < 4.78 is 11.5. The number of anilines is 2. The molecule has 4 rings (SSSR count). The van der Waals surface area contributed by atoms with E-state index in [0.717, 1.165) is 49.3 Å². The molecule has 2 aromatic carbocycles. The number of aryl methyl sites for hydroxylation is 1. The number of oxazole rings is 1. The average Bonchev–Trinajstić information content (AvgIpc) is 3.07. The van der Waals surface area contributed by atoms with Gasteiger partial charge < -0.3 is 20.2 Å². The third-order valence-electron chi connectivity index (χ3n) is 5.29. The maximum atomic E-state index is 5.81. The van der Waals surface area contributed by atoms with Gasteiger partial charge in [-0.05, 0) is 62.1 Å². The lowest BCUT2D eigenvalue weighted by Crippen LogP contribution is -2.38. The van der Waals surface area contributed by atoms with Crippen molar-refractivity contribution in [3.05, 3.63) is 47.5 Å². The second-order valence-electron chi connectivity index (χ2n) is 7.47. The molecule has 0 atom stereocenters. The van der Waals surface area contributed by atoms with E-state index in [-0.39, 0.29) is 0 Å². The second kappa shape index (κ2) is 8.10. The summed E-state index contributed by atoms with van der Waals surface area (Å²) in [5, 5.41) is 3.44. The fraction of sp³-hybridized carbons (Fsp3) is 0.409. The van der Waals surface area contributed by atoms with E-state index in [4.69, 9.17) is 14.9 Å². The number of nitrogens with two attached hydrogens (primary N) is 1. The van der Waals surface area contributed by atoms with Crippen molar-refractivity contribution in [1.29, 1.82) is 0 Å². The van der Waals surface area contributed by atoms with Gasteiger partial charge in [-0.15, -0.1) is 0 Å². The number of ether oxygens (including phenoxy) is 1. The van der Waals surface area contributed by atoms with Crippen LogP contribution in [0, 0.1) is 6.92 Å². The summed E-state index contributed by atoms with van der Waals surface area (Å²) in [6.07, 6.45) is 2.12. The van der Waals surface area contributed by atoms with Crippen LogP contribution in [0.5, 0.6) is 5.75 Å². The van der Waals surface area contributed by atoms with Crippen molar-refractivity contribution in [2.24, 2.45) is 0 Å². The van der Waals surface area contributed by atoms with Crippen LogP contribution >= 0.6 is 0 Å². The van der Waals surface area contributed by atoms with Crippen LogP contribution in [0.15, 0.2) is 40.8 Å². The minimum atomic E-state index is 0.374. The molecule has 6 nitrogen and oxygen atoms in total. The molecule has 1 aliphatic heterocycles. The van der Waals surface area contributed by atoms with E-state index in [1.807, 2.05) is 25.1 Å². The maximum Gasteiger partial charge on any atom is 0.295 e. The van der Waals surface area contributed by atoms with Crippen LogP contribution in [0.2, 0.25) is 0 Å². The van der Waals surface area contributed by atoms with Crippen LogP contribution in [0.3, 0.4) is 0 Å². The summed E-state index contributed by atoms with van der Waals surface area (Å²) >= 11 is 0. The Morgan fingerprint density at radius 3 is 2.82 bits per heavy atom. The van der Waals surface area contributed by atoms with E-state index in [1.54, 1.807) is 0 Å². The van der Waals surface area contributed by atoms with Crippen molar-refractivity contribution < 1.29 is 9.15 Å². The molecule has 3 aromatic rings. The van der Waals surface area contributed by atoms with Gasteiger partial charge in [-0.25, -0.2) is 0 Å². The summed E-state index contributed by atoms with van der Waals surface area (Å²) in [5.74, 6) is 0.994. The zero-order valence-electron chi connectivity index (χ0n) is 16.6. The lowest BCUT2D eigenvalue weighted by molar-refractivity contribution is 0.210. The van der Waals surface area contributed by atoms with E-state index in [0.29, 0.717) is 24.4 Å². The fourth-order valence-electron chi connectivity index (χ4n) is 3.73. The van der Waals surface area contributed by atoms with Gasteiger partial charge in [0.15, 0.2) is 5.58 Å². The molecule has 3 N–H and O–H groups in total. The first-order valence-electron chi connectivity index (χ1n) is 9.98. The van der Waals surface area contributed by atoms with Crippen LogP contribution in [-0.4, -0.2) is 35.6 Å². The van der Waals surface area contributed by atoms with Crippen LogP contribution in [0.25, 0.3) is 11.1 Å². The highest BCUT2D eigenvalue weighted by molar-refractivity contribution is 5.78. The molecule has 0 amide bonds. The summed E-state index contributed by atoms with van der Waals surface area (Å²) in [5.41, 5.74) is 10.6. The van der Waals surface area contributed by atoms with Crippen molar-refractivity contribution in [3.8, 4) is 5.75 Å². The minimum absolute atomic E-state index is 0.374. The number of nitrogens with one attached hydrogen (secondary N) is 1. The van der Waals surface area contributed by atoms with Crippen molar-refractivity contribution >= 4 is 22.8 Å². The van der Waals surface area contributed by atoms with Gasteiger partial charge in [0.05, 0.1) is 6.61 Å². The molecular formula is C22H28N4O2. The molecular weight excluding hydrogens is 352 g/mol. The van der Waals surface area contributed by atoms with Crippen molar-refractivity contribution in [3.63, 3.8) is 0 Å². The molecule has 1 saturated heterocycles. The largest absolute Gasteiger partial charge is 0.494 e. The number of benzene rings is 2. The summed E-state index contributed by atoms with van der Waals surface area (Å²) in [7, 11) is 0. The van der Waals surface area contributed by atoms with Crippen molar-refractivity contribution in [2.75, 3.05) is 30.7 Å². The van der Waals surface area contributed by atoms with Gasteiger partial charge in [-0.3, -0.25) is 4.90 Å². The lowest BCUT2D eigenvalue weighted by atomic mass is 10.0. The standard InChI is InChI=1S/C22H28N4O2/c1-3-27-21-12-16(5-4-15(21)2)14-26-10-8-18(9-11-26)24-22-25-19-13-17(23)6-7-20(19)28-22/h4-7,12-13,18H,3,8-11,14,23H2,1-2H3,(H,24,25). The van der Waals surface area contributed by atoms with Gasteiger partial charge in [0.25, 0.3) is 6.01 Å². The summed E-state index contributed by atoms with van der Waals surface area (Å²) in [6.45, 7) is 7.85. The molecule has 6 heteroatoms. The molecule has 1 aromatic heterocycles. The predicted molar refractivity (Wildman–Crippen MR) is 113 cm³/mol. The Labute approximate surface area is 165 Å². The zero-order chi connectivity index (χ0) is 19.5. The summed E-state index contributed by atoms with van der Waals surface area (Å²) in [6, 6.07) is 13.0. The molecule has 0 saturated carbocycles. The van der Waals surface area contributed by atoms with Crippen molar-refractivity contribution in [2.45, 2.75) is 39.3 Å². The third kappa shape index (κ3) is 4.22. The molecule has 148 valence electrons. The Bertz CT molecular complexity index is 945. The quantitative estimate of drug-likeness (QED) is 0.625. The highest BCUT2D eigenvalue weighted by atomic mass is 16.5. The van der Waals surface area contributed by atoms with E-state index in [9.17, 15) is 0 Å². The first-order valence-corrected chi connectivity index (χ1v) is 9.98. The molecule has 0 unspecified atom stereocenters. The first kappa shape index (κ1) is 18.6. The third-order valence-corrected chi connectivity index (χ3v) is 5.29. The molecule has 0 aliphatic carbocycles. The number of nitrogen functional groups attached to an aromatic ring is 1. The topological polar surface area (TPSA) is 76.5 Å². The predicted octanol–water partition coefficient (Wildman–Crippen LogP) is 4.19. The number of hydrogen-bond acceptors (Lipinski definition) is 6. The Hall–Kier alpha value is -2.73. The summed E-state index contributed by atoms with van der Waals surface area (Å²) in [4.78, 5) is 7.00. The normalized spacial score (nSPS) is 15.8. The van der Waals surface area contributed by atoms with Gasteiger partial charge >= 0.3 is 0 Å². The number of piperidine rings is 1. The Morgan fingerprint density at radius 1 is 1.21 bits per heavy atom. The van der Waals surface area contributed by atoms with Gasteiger partial charge in [-0.2, -0.15) is 4.98 Å². The van der Waals surface area contributed by atoms with Gasteiger partial charge in [-0.1, -0.05) is 12.1 Å². The molecule has 2 heterocycles. The number of likely N-dealkylation sites (tertiary alicyclic amines) is 1. The molecule has 0 spiro atoms. The number of nitrogens with zero attached hydrogens (tertiary/aromatic N) is 2. The van der Waals surface area contributed by atoms with Gasteiger partial charge in [0.1, 0.15) is 11.3 Å². The van der Waals surface area contributed by atoms with E-state index in [2.05, 4.69) is 40.3 Å². The van der Waals surface area contributed by atoms with E-state index in [1.165, 1.54) is 11.1 Å².